The van der Waals surface area contributed by atoms with Crippen LogP contribution in [0.3, 0.4) is 0 Å². The topological polar surface area (TPSA) is 12.5 Å². The molecule has 2 bridgehead atoms. The molecule has 0 aromatic heterocycles. The van der Waals surface area contributed by atoms with Gasteiger partial charge in [0.2, 0.25) is 0 Å². The van der Waals surface area contributed by atoms with Gasteiger partial charge < -0.3 is 4.74 Å². The Hall–Kier alpha value is -2.27. The van der Waals surface area contributed by atoms with Crippen molar-refractivity contribution in [3.05, 3.63) is 71.3 Å². The second kappa shape index (κ2) is 7.63. The van der Waals surface area contributed by atoms with Crippen LogP contribution in [0.2, 0.25) is 0 Å². The summed E-state index contributed by atoms with van der Waals surface area (Å²) in [5, 5.41) is 0. The average molecular weight is 387 g/mol. The molecule has 2 unspecified atom stereocenters. The van der Waals surface area contributed by atoms with Crippen molar-refractivity contribution in [3.63, 3.8) is 0 Å². The van der Waals surface area contributed by atoms with Crippen LogP contribution < -0.4 is 4.74 Å². The van der Waals surface area contributed by atoms with Gasteiger partial charge in [0.25, 0.3) is 0 Å². The minimum atomic E-state index is -4.42. The number of halogens is 3. The molecule has 0 amide bonds. The number of ether oxygens (including phenoxy) is 1. The molecule has 0 radical (unpaired) electrons. The van der Waals surface area contributed by atoms with Gasteiger partial charge in [-0.25, -0.2) is 0 Å². The summed E-state index contributed by atoms with van der Waals surface area (Å²) in [6.45, 7) is 0.885. The smallest absolute Gasteiger partial charge is 0.419 e. The fourth-order valence-corrected chi connectivity index (χ4v) is 4.50. The van der Waals surface area contributed by atoms with Crippen LogP contribution in [0.25, 0.3) is 5.57 Å². The number of methoxy groups -OCH3 is 1. The number of nitrogens with zero attached hydrogens (tertiary/aromatic N) is 1. The normalized spacial score (nSPS) is 22.6. The summed E-state index contributed by atoms with van der Waals surface area (Å²) in [5.41, 5.74) is 2.25. The van der Waals surface area contributed by atoms with Crippen LogP contribution >= 0.6 is 0 Å². The Kier molecular flexibility index (Phi) is 5.19. The molecule has 0 aliphatic carbocycles. The van der Waals surface area contributed by atoms with Gasteiger partial charge in [0.1, 0.15) is 5.75 Å². The van der Waals surface area contributed by atoms with E-state index in [2.05, 4.69) is 23.1 Å². The van der Waals surface area contributed by atoms with E-state index in [0.717, 1.165) is 31.4 Å². The van der Waals surface area contributed by atoms with E-state index in [-0.39, 0.29) is 11.8 Å². The molecule has 2 atom stereocenters. The number of hydrogen-bond acceptors (Lipinski definition) is 2. The third-order valence-corrected chi connectivity index (χ3v) is 5.86. The van der Waals surface area contributed by atoms with E-state index in [4.69, 9.17) is 4.74 Å². The first kappa shape index (κ1) is 19.1. The Morgan fingerprint density at radius 2 is 1.86 bits per heavy atom. The summed E-state index contributed by atoms with van der Waals surface area (Å²) in [6.07, 6.45) is 1.85. The lowest BCUT2D eigenvalue weighted by atomic mass is 9.82. The van der Waals surface area contributed by atoms with E-state index in [1.54, 1.807) is 6.07 Å². The van der Waals surface area contributed by atoms with Crippen LogP contribution in [0.4, 0.5) is 13.2 Å². The molecule has 2 aliphatic rings. The van der Waals surface area contributed by atoms with Crippen LogP contribution in [-0.2, 0) is 12.7 Å². The molecule has 2 aliphatic heterocycles. The molecule has 1 fully saturated rings. The second-order valence-electron chi connectivity index (χ2n) is 7.62. The largest absolute Gasteiger partial charge is 0.496 e. The molecule has 2 aromatic carbocycles. The highest BCUT2D eigenvalue weighted by atomic mass is 19.4. The van der Waals surface area contributed by atoms with Crippen molar-refractivity contribution in [1.82, 2.24) is 4.90 Å². The molecule has 0 saturated carbocycles. The number of piperidine rings is 1. The molecule has 2 aromatic rings. The number of rotatable bonds is 4. The maximum Gasteiger partial charge on any atom is 0.419 e. The number of alkyl halides is 3. The minimum absolute atomic E-state index is 0.126. The van der Waals surface area contributed by atoms with Crippen LogP contribution in [0, 0.1) is 0 Å². The van der Waals surface area contributed by atoms with Gasteiger partial charge in [0, 0.05) is 18.6 Å². The van der Waals surface area contributed by atoms with Crippen LogP contribution in [0.15, 0.2) is 54.6 Å². The first-order valence-corrected chi connectivity index (χ1v) is 9.71. The van der Waals surface area contributed by atoms with Crippen molar-refractivity contribution in [2.24, 2.45) is 0 Å². The van der Waals surface area contributed by atoms with Crippen LogP contribution in [-0.4, -0.2) is 24.1 Å². The summed E-state index contributed by atoms with van der Waals surface area (Å²) in [7, 11) is 1.27. The zero-order chi connectivity index (χ0) is 19.7. The van der Waals surface area contributed by atoms with Gasteiger partial charge in [-0.1, -0.05) is 48.9 Å². The predicted molar refractivity (Wildman–Crippen MR) is 104 cm³/mol. The van der Waals surface area contributed by atoms with Gasteiger partial charge >= 0.3 is 6.18 Å². The van der Waals surface area contributed by atoms with Gasteiger partial charge in [0.15, 0.2) is 0 Å². The van der Waals surface area contributed by atoms with Crippen LogP contribution in [0.1, 0.15) is 42.4 Å². The lowest BCUT2D eigenvalue weighted by Gasteiger charge is -2.45. The van der Waals surface area contributed by atoms with Gasteiger partial charge in [-0.2, -0.15) is 13.2 Å². The van der Waals surface area contributed by atoms with Crippen molar-refractivity contribution in [3.8, 4) is 5.75 Å². The minimum Gasteiger partial charge on any atom is -0.496 e. The Morgan fingerprint density at radius 1 is 1.07 bits per heavy atom. The van der Waals surface area contributed by atoms with Gasteiger partial charge in [0.05, 0.1) is 12.7 Å². The Balaban J connectivity index is 1.64. The van der Waals surface area contributed by atoms with Crippen molar-refractivity contribution in [1.29, 1.82) is 0 Å². The van der Waals surface area contributed by atoms with E-state index in [9.17, 15) is 13.2 Å². The molecule has 0 spiro atoms. The molecule has 148 valence electrons. The summed E-state index contributed by atoms with van der Waals surface area (Å²) < 4.78 is 45.2. The third kappa shape index (κ3) is 3.81. The van der Waals surface area contributed by atoms with Crippen LogP contribution in [0.5, 0.6) is 5.75 Å². The number of benzene rings is 2. The van der Waals surface area contributed by atoms with E-state index in [1.165, 1.54) is 31.2 Å². The summed E-state index contributed by atoms with van der Waals surface area (Å²) in [6, 6.07) is 15.5. The van der Waals surface area contributed by atoms with E-state index in [1.807, 2.05) is 18.2 Å². The zero-order valence-electron chi connectivity index (χ0n) is 15.9. The van der Waals surface area contributed by atoms with E-state index >= 15 is 0 Å². The molecule has 2 heterocycles. The fourth-order valence-electron chi connectivity index (χ4n) is 4.50. The first-order valence-electron chi connectivity index (χ1n) is 9.71. The van der Waals surface area contributed by atoms with Crippen molar-refractivity contribution >= 4 is 5.57 Å². The Morgan fingerprint density at radius 3 is 2.54 bits per heavy atom. The lowest BCUT2D eigenvalue weighted by molar-refractivity contribution is -0.138. The molecular weight excluding hydrogens is 363 g/mol. The number of fused-ring (bicyclic) bond motifs is 2. The van der Waals surface area contributed by atoms with Gasteiger partial charge in [-0.05, 0) is 48.1 Å². The zero-order valence-corrected chi connectivity index (χ0v) is 15.9. The second-order valence-corrected chi connectivity index (χ2v) is 7.62. The highest BCUT2D eigenvalue weighted by molar-refractivity contribution is 5.69. The molecule has 2 nitrogen and oxygen atoms in total. The molecule has 0 N–H and O–H groups in total. The van der Waals surface area contributed by atoms with E-state index in [0.29, 0.717) is 11.6 Å². The quantitative estimate of drug-likeness (QED) is 0.645. The summed E-state index contributed by atoms with van der Waals surface area (Å²) >= 11 is 0. The SMILES string of the molecule is COc1ccc(C2=CC3CCCC(C2)N3Cc2ccccc2)cc1C(F)(F)F. The summed E-state index contributed by atoms with van der Waals surface area (Å²) in [5.74, 6) is -0.126. The molecule has 4 rings (SSSR count). The Labute approximate surface area is 163 Å². The van der Waals surface area contributed by atoms with Gasteiger partial charge in [-0.3, -0.25) is 4.90 Å². The Bertz CT molecular complexity index is 860. The van der Waals surface area contributed by atoms with Crippen molar-refractivity contribution in [2.45, 2.75) is 50.5 Å². The third-order valence-electron chi connectivity index (χ3n) is 5.86. The van der Waals surface area contributed by atoms with Crippen molar-refractivity contribution in [2.75, 3.05) is 7.11 Å². The molecular formula is C23H24F3NO. The molecule has 28 heavy (non-hydrogen) atoms. The maximum absolute atomic E-state index is 13.4. The highest BCUT2D eigenvalue weighted by Gasteiger charge is 2.37. The standard InChI is InChI=1S/C23H24F3NO/c1-28-22-11-10-17(14-21(22)23(24,25)26)18-12-19-8-5-9-20(13-18)27(19)15-16-6-3-2-4-7-16/h2-4,6-7,10-12,14,19-20H,5,8-9,13,15H2,1H3. The summed E-state index contributed by atoms with van der Waals surface area (Å²) in [4.78, 5) is 2.51. The molecule has 5 heteroatoms. The number of hydrogen-bond donors (Lipinski definition) is 0. The average Bonchev–Trinajstić information content (AvgIpc) is 2.67. The maximum atomic E-state index is 13.4. The predicted octanol–water partition coefficient (Wildman–Crippen LogP) is 5.92. The lowest BCUT2D eigenvalue weighted by Crippen LogP contribution is -2.47. The fraction of sp³-hybridized carbons (Fsp3) is 0.391. The van der Waals surface area contributed by atoms with Crippen molar-refractivity contribution < 1.29 is 17.9 Å². The monoisotopic (exact) mass is 387 g/mol. The van der Waals surface area contributed by atoms with Gasteiger partial charge in [-0.15, -0.1) is 0 Å². The van der Waals surface area contributed by atoms with E-state index < -0.39 is 11.7 Å². The molecule has 1 saturated heterocycles. The first-order chi connectivity index (χ1) is 13.5. The highest BCUT2D eigenvalue weighted by Crippen LogP contribution is 2.41.